The van der Waals surface area contributed by atoms with E-state index < -0.39 is 0 Å². The van der Waals surface area contributed by atoms with Crippen LogP contribution in [0.15, 0.2) is 24.3 Å². The Morgan fingerprint density at radius 3 is 3.05 bits per heavy atom. The first-order chi connectivity index (χ1) is 9.24. The fourth-order valence-electron chi connectivity index (χ4n) is 2.41. The van der Waals surface area contributed by atoms with Gasteiger partial charge in [0.2, 0.25) is 5.91 Å². The van der Waals surface area contributed by atoms with Gasteiger partial charge in [-0.3, -0.25) is 9.69 Å². The second-order valence-corrected chi connectivity index (χ2v) is 4.88. The van der Waals surface area contributed by atoms with Crippen molar-refractivity contribution in [1.82, 2.24) is 10.2 Å². The number of benzene rings is 1. The SMILES string of the molecule is CCCCCN1CC(=O)N[C@H]1c1cccc(C#N)c1. The molecule has 1 N–H and O–H groups in total. The number of nitriles is 1. The van der Waals surface area contributed by atoms with E-state index in [0.29, 0.717) is 12.1 Å². The molecule has 4 nitrogen and oxygen atoms in total. The van der Waals surface area contributed by atoms with Crippen molar-refractivity contribution in [3.8, 4) is 6.07 Å². The zero-order valence-corrected chi connectivity index (χ0v) is 11.2. The second kappa shape index (κ2) is 6.35. The van der Waals surface area contributed by atoms with Crippen LogP contribution in [0, 0.1) is 11.3 Å². The molecule has 0 aromatic heterocycles. The predicted molar refractivity (Wildman–Crippen MR) is 73.1 cm³/mol. The van der Waals surface area contributed by atoms with E-state index in [1.807, 2.05) is 18.2 Å². The summed E-state index contributed by atoms with van der Waals surface area (Å²) in [5.74, 6) is 0.0591. The summed E-state index contributed by atoms with van der Waals surface area (Å²) in [6.07, 6.45) is 3.36. The van der Waals surface area contributed by atoms with E-state index in [0.717, 1.165) is 18.5 Å². The molecule has 19 heavy (non-hydrogen) atoms. The van der Waals surface area contributed by atoms with Crippen molar-refractivity contribution < 1.29 is 4.79 Å². The third-order valence-electron chi connectivity index (χ3n) is 3.39. The lowest BCUT2D eigenvalue weighted by Gasteiger charge is -2.23. The summed E-state index contributed by atoms with van der Waals surface area (Å²) in [7, 11) is 0. The minimum Gasteiger partial charge on any atom is -0.335 e. The third-order valence-corrected chi connectivity index (χ3v) is 3.39. The van der Waals surface area contributed by atoms with Crippen molar-refractivity contribution in [3.63, 3.8) is 0 Å². The van der Waals surface area contributed by atoms with Gasteiger partial charge in [-0.15, -0.1) is 0 Å². The van der Waals surface area contributed by atoms with E-state index in [9.17, 15) is 4.79 Å². The lowest BCUT2D eigenvalue weighted by molar-refractivity contribution is -0.118. The molecule has 1 atom stereocenters. The normalized spacial score (nSPS) is 19.2. The summed E-state index contributed by atoms with van der Waals surface area (Å²) in [5, 5.41) is 11.9. The molecule has 1 heterocycles. The zero-order chi connectivity index (χ0) is 13.7. The average Bonchev–Trinajstić information content (AvgIpc) is 2.80. The molecule has 1 aliphatic heterocycles. The fraction of sp³-hybridized carbons (Fsp3) is 0.467. The Balaban J connectivity index is 2.11. The van der Waals surface area contributed by atoms with Gasteiger partial charge in [0.05, 0.1) is 18.2 Å². The number of carbonyl (C=O) groups is 1. The van der Waals surface area contributed by atoms with Crippen LogP contribution in [0.2, 0.25) is 0 Å². The van der Waals surface area contributed by atoms with E-state index in [4.69, 9.17) is 5.26 Å². The molecule has 1 saturated heterocycles. The zero-order valence-electron chi connectivity index (χ0n) is 11.2. The van der Waals surface area contributed by atoms with Crippen molar-refractivity contribution in [2.45, 2.75) is 32.4 Å². The van der Waals surface area contributed by atoms with E-state index >= 15 is 0 Å². The predicted octanol–water partition coefficient (Wildman–Crippen LogP) is 2.18. The molecule has 0 radical (unpaired) electrons. The fourth-order valence-corrected chi connectivity index (χ4v) is 2.41. The lowest BCUT2D eigenvalue weighted by atomic mass is 10.1. The van der Waals surface area contributed by atoms with E-state index in [1.54, 1.807) is 6.07 Å². The first kappa shape index (κ1) is 13.6. The minimum absolute atomic E-state index is 0.0591. The average molecular weight is 257 g/mol. The van der Waals surface area contributed by atoms with Crippen molar-refractivity contribution in [1.29, 1.82) is 5.26 Å². The van der Waals surface area contributed by atoms with Crippen molar-refractivity contribution in [2.24, 2.45) is 0 Å². The van der Waals surface area contributed by atoms with Crippen molar-refractivity contribution in [2.75, 3.05) is 13.1 Å². The molecule has 0 aliphatic carbocycles. The molecular formula is C15H19N3O. The van der Waals surface area contributed by atoms with E-state index in [2.05, 4.69) is 23.2 Å². The highest BCUT2D eigenvalue weighted by Gasteiger charge is 2.30. The maximum absolute atomic E-state index is 11.6. The molecule has 1 aromatic rings. The number of nitrogens with one attached hydrogen (secondary N) is 1. The molecule has 1 aliphatic rings. The largest absolute Gasteiger partial charge is 0.335 e. The highest BCUT2D eigenvalue weighted by Crippen LogP contribution is 2.23. The summed E-state index contributed by atoms with van der Waals surface area (Å²) in [6, 6.07) is 9.59. The van der Waals surface area contributed by atoms with Gasteiger partial charge in [0, 0.05) is 6.54 Å². The minimum atomic E-state index is -0.0855. The van der Waals surface area contributed by atoms with Crippen LogP contribution in [-0.2, 0) is 4.79 Å². The summed E-state index contributed by atoms with van der Waals surface area (Å²) >= 11 is 0. The number of hydrogen-bond acceptors (Lipinski definition) is 3. The van der Waals surface area contributed by atoms with Gasteiger partial charge in [0.15, 0.2) is 0 Å². The topological polar surface area (TPSA) is 56.1 Å². The highest BCUT2D eigenvalue weighted by atomic mass is 16.2. The molecule has 100 valence electrons. The van der Waals surface area contributed by atoms with Crippen molar-refractivity contribution >= 4 is 5.91 Å². The van der Waals surface area contributed by atoms with E-state index in [-0.39, 0.29) is 12.1 Å². The number of carbonyl (C=O) groups excluding carboxylic acids is 1. The maximum atomic E-state index is 11.6. The molecule has 4 heteroatoms. The summed E-state index contributed by atoms with van der Waals surface area (Å²) in [6.45, 7) is 3.53. The van der Waals surface area contributed by atoms with Gasteiger partial charge in [0.25, 0.3) is 0 Å². The smallest absolute Gasteiger partial charge is 0.235 e. The summed E-state index contributed by atoms with van der Waals surface area (Å²) in [4.78, 5) is 13.8. The molecule has 1 amide bonds. The van der Waals surface area contributed by atoms with E-state index in [1.165, 1.54) is 12.8 Å². The Morgan fingerprint density at radius 1 is 1.47 bits per heavy atom. The van der Waals surface area contributed by atoms with Gasteiger partial charge < -0.3 is 5.32 Å². The molecule has 1 fully saturated rings. The first-order valence-corrected chi connectivity index (χ1v) is 6.78. The summed E-state index contributed by atoms with van der Waals surface area (Å²) in [5.41, 5.74) is 1.62. The Morgan fingerprint density at radius 2 is 2.32 bits per heavy atom. The van der Waals surface area contributed by atoms with Gasteiger partial charge in [-0.1, -0.05) is 31.9 Å². The quantitative estimate of drug-likeness (QED) is 0.822. The molecule has 0 bridgehead atoms. The molecule has 0 unspecified atom stereocenters. The van der Waals surface area contributed by atoms with Crippen LogP contribution in [0.5, 0.6) is 0 Å². The Kier molecular flexibility index (Phi) is 4.53. The maximum Gasteiger partial charge on any atom is 0.235 e. The number of rotatable bonds is 5. The first-order valence-electron chi connectivity index (χ1n) is 6.78. The molecular weight excluding hydrogens is 238 g/mol. The summed E-state index contributed by atoms with van der Waals surface area (Å²) < 4.78 is 0. The number of nitrogens with zero attached hydrogens (tertiary/aromatic N) is 2. The Bertz CT molecular complexity index is 492. The molecule has 0 saturated carbocycles. The van der Waals surface area contributed by atoms with Gasteiger partial charge in [-0.2, -0.15) is 5.26 Å². The van der Waals surface area contributed by atoms with Crippen LogP contribution in [0.25, 0.3) is 0 Å². The monoisotopic (exact) mass is 257 g/mol. The molecule has 2 rings (SSSR count). The van der Waals surface area contributed by atoms with Crippen LogP contribution in [0.4, 0.5) is 0 Å². The Labute approximate surface area is 114 Å². The molecule has 1 aromatic carbocycles. The Hall–Kier alpha value is -1.86. The lowest BCUT2D eigenvalue weighted by Crippen LogP contribution is -2.28. The van der Waals surface area contributed by atoms with Crippen molar-refractivity contribution in [3.05, 3.63) is 35.4 Å². The van der Waals surface area contributed by atoms with Gasteiger partial charge in [-0.05, 0) is 24.1 Å². The molecule has 0 spiro atoms. The van der Waals surface area contributed by atoms with Crippen LogP contribution in [-0.4, -0.2) is 23.9 Å². The third kappa shape index (κ3) is 3.33. The number of hydrogen-bond donors (Lipinski definition) is 1. The van der Waals surface area contributed by atoms with Gasteiger partial charge in [0.1, 0.15) is 6.17 Å². The van der Waals surface area contributed by atoms with Crippen LogP contribution < -0.4 is 5.32 Å². The number of amides is 1. The van der Waals surface area contributed by atoms with Crippen LogP contribution in [0.3, 0.4) is 0 Å². The van der Waals surface area contributed by atoms with Gasteiger partial charge in [-0.25, -0.2) is 0 Å². The van der Waals surface area contributed by atoms with Gasteiger partial charge >= 0.3 is 0 Å². The van der Waals surface area contributed by atoms with Crippen LogP contribution in [0.1, 0.15) is 43.5 Å². The van der Waals surface area contributed by atoms with Crippen LogP contribution >= 0.6 is 0 Å². The standard InChI is InChI=1S/C15H19N3O/c1-2-3-4-8-18-11-14(19)17-15(18)13-7-5-6-12(9-13)10-16/h5-7,9,15H,2-4,8,11H2,1H3,(H,17,19)/t15-/m1/s1. The highest BCUT2D eigenvalue weighted by molar-refractivity contribution is 5.80. The second-order valence-electron chi connectivity index (χ2n) is 4.88. The number of unbranched alkanes of at least 4 members (excludes halogenated alkanes) is 2.